The lowest BCUT2D eigenvalue weighted by atomic mass is 10.1. The van der Waals surface area contributed by atoms with E-state index in [-0.39, 0.29) is 20.0 Å². The average molecular weight is 424 g/mol. The van der Waals surface area contributed by atoms with Gasteiger partial charge in [0.2, 0.25) is 13.6 Å². The Kier molecular flexibility index (Phi) is 5.97. The molecule has 160 valence electrons. The molecule has 0 atom stereocenters. The van der Waals surface area contributed by atoms with Crippen LogP contribution < -0.4 is 29.8 Å². The minimum absolute atomic E-state index is 0.178. The molecule has 0 unspecified atom stereocenters. The minimum Gasteiger partial charge on any atom is -0.454 e. The van der Waals surface area contributed by atoms with Crippen LogP contribution >= 0.6 is 0 Å². The summed E-state index contributed by atoms with van der Waals surface area (Å²) in [7, 11) is 0. The third kappa shape index (κ3) is 4.74. The molecule has 0 spiro atoms. The fourth-order valence-corrected chi connectivity index (χ4v) is 2.97. The third-order valence-electron chi connectivity index (χ3n) is 4.61. The molecule has 2 N–H and O–H groups in total. The number of carbonyl (C=O) groups is 2. The Balaban J connectivity index is 1.30. The number of ether oxygens (including phenoxy) is 4. The number of hydrogen-bond donors (Lipinski definition) is 2. The summed E-state index contributed by atoms with van der Waals surface area (Å²) >= 11 is 0. The smallest absolute Gasteiger partial charge is 0.252 e. The van der Waals surface area contributed by atoms with Gasteiger partial charge in [0.1, 0.15) is 5.92 Å². The van der Waals surface area contributed by atoms with Crippen LogP contribution in [0, 0.1) is 5.92 Å². The SMILES string of the molecule is CCC(C(=O)N/N=C/c1ccc2c(c1)OCO2)C(=O)N/N=C/c1ccc2c(c1)OCO2. The Morgan fingerprint density at radius 2 is 1.29 bits per heavy atom. The lowest BCUT2D eigenvalue weighted by molar-refractivity contribution is -0.135. The molecule has 2 aromatic carbocycles. The van der Waals surface area contributed by atoms with Crippen LogP contribution in [0.5, 0.6) is 23.0 Å². The van der Waals surface area contributed by atoms with Crippen molar-refractivity contribution in [2.24, 2.45) is 16.1 Å². The van der Waals surface area contributed by atoms with Gasteiger partial charge in [0.05, 0.1) is 12.4 Å². The molecule has 2 aromatic rings. The zero-order valence-electron chi connectivity index (χ0n) is 16.7. The molecule has 0 fully saturated rings. The molecule has 2 heterocycles. The first kappa shape index (κ1) is 20.2. The van der Waals surface area contributed by atoms with Gasteiger partial charge in [-0.3, -0.25) is 9.59 Å². The number of rotatable bonds is 7. The van der Waals surface area contributed by atoms with Crippen LogP contribution in [0.1, 0.15) is 24.5 Å². The van der Waals surface area contributed by atoms with Gasteiger partial charge >= 0.3 is 0 Å². The summed E-state index contributed by atoms with van der Waals surface area (Å²) in [6.07, 6.45) is 3.21. The first-order chi connectivity index (χ1) is 15.1. The lowest BCUT2D eigenvalue weighted by Gasteiger charge is -2.10. The maximum absolute atomic E-state index is 12.3. The standard InChI is InChI=1S/C21H20N4O6/c1-2-15(20(26)24-22-9-13-3-5-16-18(7-13)30-11-28-16)21(27)25-23-10-14-4-6-17-19(8-14)31-12-29-17/h3-10,15H,2,11-12H2,1H3,(H,24,26)(H,25,27)/b22-9+,23-10+. The van der Waals surface area contributed by atoms with Crippen molar-refractivity contribution < 1.29 is 28.5 Å². The molecule has 2 amide bonds. The van der Waals surface area contributed by atoms with Gasteiger partial charge in [-0.25, -0.2) is 10.9 Å². The molecule has 0 aromatic heterocycles. The second-order valence-corrected chi connectivity index (χ2v) is 6.65. The number of nitrogens with one attached hydrogen (secondary N) is 2. The molecule has 31 heavy (non-hydrogen) atoms. The second kappa shape index (κ2) is 9.16. The first-order valence-electron chi connectivity index (χ1n) is 9.59. The second-order valence-electron chi connectivity index (χ2n) is 6.65. The van der Waals surface area contributed by atoms with Crippen LogP contribution in [0.3, 0.4) is 0 Å². The highest BCUT2D eigenvalue weighted by molar-refractivity contribution is 6.00. The van der Waals surface area contributed by atoms with Crippen LogP contribution in [0.15, 0.2) is 46.6 Å². The van der Waals surface area contributed by atoms with Crippen molar-refractivity contribution in [2.75, 3.05) is 13.6 Å². The maximum atomic E-state index is 12.3. The van der Waals surface area contributed by atoms with E-state index in [2.05, 4.69) is 21.1 Å². The Morgan fingerprint density at radius 1 is 0.839 bits per heavy atom. The molecular formula is C21H20N4O6. The van der Waals surface area contributed by atoms with Crippen molar-refractivity contribution in [1.29, 1.82) is 0 Å². The van der Waals surface area contributed by atoms with Crippen LogP contribution in [-0.2, 0) is 9.59 Å². The Bertz CT molecular complexity index is 971. The molecule has 2 aliphatic heterocycles. The van der Waals surface area contributed by atoms with Crippen LogP contribution in [0.4, 0.5) is 0 Å². The number of hydrazone groups is 2. The van der Waals surface area contributed by atoms with E-state index in [0.29, 0.717) is 23.0 Å². The molecule has 10 heteroatoms. The molecule has 0 saturated heterocycles. The summed E-state index contributed by atoms with van der Waals surface area (Å²) in [6, 6.07) is 10.5. The van der Waals surface area contributed by atoms with E-state index < -0.39 is 17.7 Å². The van der Waals surface area contributed by atoms with Crippen LogP contribution in [0.25, 0.3) is 0 Å². The lowest BCUT2D eigenvalue weighted by Crippen LogP contribution is -2.37. The van der Waals surface area contributed by atoms with E-state index in [4.69, 9.17) is 18.9 Å². The van der Waals surface area contributed by atoms with E-state index >= 15 is 0 Å². The molecule has 10 nitrogen and oxygen atoms in total. The largest absolute Gasteiger partial charge is 0.454 e. The van der Waals surface area contributed by atoms with Gasteiger partial charge in [0.15, 0.2) is 23.0 Å². The van der Waals surface area contributed by atoms with Crippen molar-refractivity contribution in [3.8, 4) is 23.0 Å². The summed E-state index contributed by atoms with van der Waals surface area (Å²) < 4.78 is 21.1. The van der Waals surface area contributed by atoms with Gasteiger partial charge in [0.25, 0.3) is 11.8 Å². The Morgan fingerprint density at radius 3 is 1.74 bits per heavy atom. The monoisotopic (exact) mass is 424 g/mol. The van der Waals surface area contributed by atoms with E-state index in [9.17, 15) is 9.59 Å². The van der Waals surface area contributed by atoms with Crippen molar-refractivity contribution >= 4 is 24.2 Å². The van der Waals surface area contributed by atoms with Gasteiger partial charge in [-0.15, -0.1) is 0 Å². The maximum Gasteiger partial charge on any atom is 0.252 e. The molecule has 0 aliphatic carbocycles. The predicted molar refractivity (Wildman–Crippen MR) is 110 cm³/mol. The highest BCUT2D eigenvalue weighted by atomic mass is 16.7. The first-order valence-corrected chi connectivity index (χ1v) is 9.59. The summed E-state index contributed by atoms with van der Waals surface area (Å²) in [5.74, 6) is 0.534. The Labute approximate surface area is 177 Å². The molecule has 4 rings (SSSR count). The van der Waals surface area contributed by atoms with Gasteiger partial charge in [-0.1, -0.05) is 6.92 Å². The summed E-state index contributed by atoms with van der Waals surface area (Å²) in [5.41, 5.74) is 6.20. The summed E-state index contributed by atoms with van der Waals surface area (Å²) in [5, 5.41) is 7.83. The van der Waals surface area contributed by atoms with E-state index in [1.54, 1.807) is 43.3 Å². The quantitative estimate of drug-likeness (QED) is 0.397. The fraction of sp³-hybridized carbons (Fsp3) is 0.238. The number of nitrogens with zero attached hydrogens (tertiary/aromatic N) is 2. The van der Waals surface area contributed by atoms with Gasteiger partial charge in [-0.2, -0.15) is 10.2 Å². The normalized spacial score (nSPS) is 13.9. The molecule has 0 bridgehead atoms. The van der Waals surface area contributed by atoms with Crippen molar-refractivity contribution in [3.63, 3.8) is 0 Å². The minimum atomic E-state index is -0.942. The molecule has 0 radical (unpaired) electrons. The zero-order chi connectivity index (χ0) is 21.6. The fourth-order valence-electron chi connectivity index (χ4n) is 2.97. The van der Waals surface area contributed by atoms with Gasteiger partial charge in [0, 0.05) is 0 Å². The molecule has 2 aliphatic rings. The van der Waals surface area contributed by atoms with E-state index in [1.165, 1.54) is 12.4 Å². The third-order valence-corrected chi connectivity index (χ3v) is 4.61. The van der Waals surface area contributed by atoms with Crippen molar-refractivity contribution in [3.05, 3.63) is 47.5 Å². The molecular weight excluding hydrogens is 404 g/mol. The van der Waals surface area contributed by atoms with E-state index in [0.717, 1.165) is 11.1 Å². The number of amides is 2. The number of carbonyl (C=O) groups excluding carboxylic acids is 2. The topological polar surface area (TPSA) is 120 Å². The summed E-state index contributed by atoms with van der Waals surface area (Å²) in [6.45, 7) is 2.08. The Hall–Kier alpha value is -4.08. The van der Waals surface area contributed by atoms with E-state index in [1.807, 2.05) is 0 Å². The highest BCUT2D eigenvalue weighted by Gasteiger charge is 2.24. The van der Waals surface area contributed by atoms with Crippen LogP contribution in [0.2, 0.25) is 0 Å². The van der Waals surface area contributed by atoms with Gasteiger partial charge in [-0.05, 0) is 53.9 Å². The van der Waals surface area contributed by atoms with Gasteiger partial charge < -0.3 is 18.9 Å². The predicted octanol–water partition coefficient (Wildman–Crippen LogP) is 1.77. The van der Waals surface area contributed by atoms with Crippen molar-refractivity contribution in [2.45, 2.75) is 13.3 Å². The highest BCUT2D eigenvalue weighted by Crippen LogP contribution is 2.32. The average Bonchev–Trinajstić information content (AvgIpc) is 3.42. The number of benzene rings is 2. The number of fused-ring (bicyclic) bond motifs is 2. The number of hydrogen-bond acceptors (Lipinski definition) is 8. The van der Waals surface area contributed by atoms with Crippen molar-refractivity contribution in [1.82, 2.24) is 10.9 Å². The van der Waals surface area contributed by atoms with Crippen LogP contribution in [-0.4, -0.2) is 37.8 Å². The molecule has 0 saturated carbocycles. The zero-order valence-corrected chi connectivity index (χ0v) is 16.7. The summed E-state index contributed by atoms with van der Waals surface area (Å²) in [4.78, 5) is 24.7.